The van der Waals surface area contributed by atoms with E-state index < -0.39 is 0 Å². The Labute approximate surface area is 129 Å². The standard InChI is InChI=1S/C19H19NS/c20-19(17-12-21-18-10-2-1-9-16(17)18)15-8-4-7-14(11-15)13-5-3-6-13/h1-2,4,7-13,19H,3,5-6,20H2. The summed E-state index contributed by atoms with van der Waals surface area (Å²) in [6, 6.07) is 17.4. The summed E-state index contributed by atoms with van der Waals surface area (Å²) < 4.78 is 1.32. The summed E-state index contributed by atoms with van der Waals surface area (Å²) in [6.45, 7) is 0. The Hall–Kier alpha value is -1.64. The van der Waals surface area contributed by atoms with Gasteiger partial charge < -0.3 is 5.73 Å². The van der Waals surface area contributed by atoms with Crippen LogP contribution in [0.25, 0.3) is 10.1 Å². The van der Waals surface area contributed by atoms with Crippen LogP contribution in [0.2, 0.25) is 0 Å². The van der Waals surface area contributed by atoms with E-state index in [1.807, 2.05) is 0 Å². The van der Waals surface area contributed by atoms with Crippen LogP contribution < -0.4 is 5.73 Å². The molecule has 1 nitrogen and oxygen atoms in total. The van der Waals surface area contributed by atoms with E-state index in [0.717, 1.165) is 5.92 Å². The molecule has 1 aromatic heterocycles. The second-order valence-electron chi connectivity index (χ2n) is 5.96. The van der Waals surface area contributed by atoms with Crippen molar-refractivity contribution in [1.82, 2.24) is 0 Å². The van der Waals surface area contributed by atoms with Gasteiger partial charge in [0.2, 0.25) is 0 Å². The Morgan fingerprint density at radius 3 is 2.71 bits per heavy atom. The van der Waals surface area contributed by atoms with Crippen molar-refractivity contribution in [2.24, 2.45) is 5.73 Å². The van der Waals surface area contributed by atoms with Crippen molar-refractivity contribution >= 4 is 21.4 Å². The zero-order valence-electron chi connectivity index (χ0n) is 12.0. The van der Waals surface area contributed by atoms with Gasteiger partial charge in [0.1, 0.15) is 0 Å². The predicted molar refractivity (Wildman–Crippen MR) is 90.9 cm³/mol. The molecule has 2 heteroatoms. The summed E-state index contributed by atoms with van der Waals surface area (Å²) >= 11 is 1.78. The fourth-order valence-corrected chi connectivity index (χ4v) is 4.16. The SMILES string of the molecule is NC(c1cccc(C2CCC2)c1)c1csc2ccccc12. The van der Waals surface area contributed by atoms with Gasteiger partial charge in [-0.25, -0.2) is 0 Å². The number of rotatable bonds is 3. The van der Waals surface area contributed by atoms with Crippen molar-refractivity contribution in [1.29, 1.82) is 0 Å². The second kappa shape index (κ2) is 5.28. The quantitative estimate of drug-likeness (QED) is 0.704. The Kier molecular flexibility index (Phi) is 3.28. The molecule has 0 bridgehead atoms. The molecule has 0 amide bonds. The highest BCUT2D eigenvalue weighted by Gasteiger charge is 2.21. The molecule has 1 atom stereocenters. The molecule has 1 aliphatic rings. The Morgan fingerprint density at radius 1 is 1.05 bits per heavy atom. The first-order valence-corrected chi connectivity index (χ1v) is 8.52. The minimum absolute atomic E-state index is 0.0267. The third-order valence-corrected chi connectivity index (χ3v) is 5.67. The van der Waals surface area contributed by atoms with E-state index in [4.69, 9.17) is 5.73 Å². The molecule has 2 N–H and O–H groups in total. The molecule has 21 heavy (non-hydrogen) atoms. The van der Waals surface area contributed by atoms with Crippen LogP contribution in [0.3, 0.4) is 0 Å². The van der Waals surface area contributed by atoms with Crippen molar-refractivity contribution in [2.45, 2.75) is 31.2 Å². The van der Waals surface area contributed by atoms with Gasteiger partial charge in [0.05, 0.1) is 6.04 Å². The molecule has 3 aromatic rings. The molecule has 0 spiro atoms. The highest BCUT2D eigenvalue weighted by Crippen LogP contribution is 2.38. The average molecular weight is 293 g/mol. The molecule has 0 radical (unpaired) electrons. The second-order valence-corrected chi connectivity index (χ2v) is 6.87. The first-order valence-electron chi connectivity index (χ1n) is 7.64. The topological polar surface area (TPSA) is 26.0 Å². The summed E-state index contributed by atoms with van der Waals surface area (Å²) in [4.78, 5) is 0. The van der Waals surface area contributed by atoms with Crippen LogP contribution in [0.15, 0.2) is 53.9 Å². The normalized spacial score (nSPS) is 16.8. The van der Waals surface area contributed by atoms with Crippen LogP contribution in [0.5, 0.6) is 0 Å². The van der Waals surface area contributed by atoms with Crippen LogP contribution >= 0.6 is 11.3 Å². The van der Waals surface area contributed by atoms with E-state index in [1.165, 1.54) is 46.0 Å². The van der Waals surface area contributed by atoms with E-state index in [1.54, 1.807) is 11.3 Å². The molecule has 1 saturated carbocycles. The van der Waals surface area contributed by atoms with Gasteiger partial charge in [0.25, 0.3) is 0 Å². The molecule has 1 aliphatic carbocycles. The van der Waals surface area contributed by atoms with Crippen LogP contribution in [0.1, 0.15) is 47.9 Å². The van der Waals surface area contributed by atoms with E-state index in [9.17, 15) is 0 Å². The number of hydrogen-bond acceptors (Lipinski definition) is 2. The van der Waals surface area contributed by atoms with Gasteiger partial charge >= 0.3 is 0 Å². The summed E-state index contributed by atoms with van der Waals surface area (Å²) in [7, 11) is 0. The highest BCUT2D eigenvalue weighted by molar-refractivity contribution is 7.17. The monoisotopic (exact) mass is 293 g/mol. The molecule has 2 aromatic carbocycles. The zero-order valence-corrected chi connectivity index (χ0v) is 12.8. The van der Waals surface area contributed by atoms with Crippen molar-refractivity contribution in [2.75, 3.05) is 0 Å². The van der Waals surface area contributed by atoms with E-state index in [0.29, 0.717) is 0 Å². The van der Waals surface area contributed by atoms with Gasteiger partial charge in [-0.1, -0.05) is 48.9 Å². The van der Waals surface area contributed by atoms with Gasteiger partial charge in [0, 0.05) is 4.70 Å². The summed E-state index contributed by atoms with van der Waals surface area (Å²) in [5.74, 6) is 0.761. The first kappa shape index (κ1) is 13.1. The lowest BCUT2D eigenvalue weighted by Crippen LogP contribution is -2.13. The van der Waals surface area contributed by atoms with Gasteiger partial charge in [-0.2, -0.15) is 0 Å². The van der Waals surface area contributed by atoms with Gasteiger partial charge in [-0.3, -0.25) is 0 Å². The van der Waals surface area contributed by atoms with Crippen LogP contribution in [0.4, 0.5) is 0 Å². The van der Waals surface area contributed by atoms with Crippen LogP contribution in [-0.2, 0) is 0 Å². The first-order chi connectivity index (χ1) is 10.3. The van der Waals surface area contributed by atoms with Crippen LogP contribution in [0, 0.1) is 0 Å². The molecule has 0 aliphatic heterocycles. The van der Waals surface area contributed by atoms with Gasteiger partial charge in [-0.05, 0) is 52.3 Å². The Morgan fingerprint density at radius 2 is 1.90 bits per heavy atom. The minimum atomic E-state index is -0.0267. The van der Waals surface area contributed by atoms with Gasteiger partial charge in [-0.15, -0.1) is 11.3 Å². The maximum atomic E-state index is 6.56. The fraction of sp³-hybridized carbons (Fsp3) is 0.263. The lowest BCUT2D eigenvalue weighted by Gasteiger charge is -2.26. The van der Waals surface area contributed by atoms with E-state index in [-0.39, 0.29) is 6.04 Å². The minimum Gasteiger partial charge on any atom is -0.320 e. The molecule has 1 unspecified atom stereocenters. The Bertz CT molecular complexity index is 770. The Balaban J connectivity index is 1.72. The van der Waals surface area contributed by atoms with E-state index >= 15 is 0 Å². The van der Waals surface area contributed by atoms with Crippen molar-refractivity contribution < 1.29 is 0 Å². The van der Waals surface area contributed by atoms with Crippen molar-refractivity contribution in [3.63, 3.8) is 0 Å². The molecular weight excluding hydrogens is 274 g/mol. The number of hydrogen-bond donors (Lipinski definition) is 1. The zero-order chi connectivity index (χ0) is 14.2. The smallest absolute Gasteiger partial charge is 0.0566 e. The van der Waals surface area contributed by atoms with Crippen molar-refractivity contribution in [3.05, 3.63) is 70.6 Å². The third-order valence-electron chi connectivity index (χ3n) is 4.69. The molecule has 1 heterocycles. The summed E-state index contributed by atoms with van der Waals surface area (Å²) in [5.41, 5.74) is 10.5. The predicted octanol–water partition coefficient (Wildman–Crippen LogP) is 5.22. The summed E-state index contributed by atoms with van der Waals surface area (Å²) in [5, 5.41) is 3.51. The molecular formula is C19H19NS. The maximum Gasteiger partial charge on any atom is 0.0566 e. The summed E-state index contributed by atoms with van der Waals surface area (Å²) in [6.07, 6.45) is 4.04. The average Bonchev–Trinajstić information content (AvgIpc) is 2.89. The lowest BCUT2D eigenvalue weighted by molar-refractivity contribution is 0.419. The van der Waals surface area contributed by atoms with E-state index in [2.05, 4.69) is 53.9 Å². The lowest BCUT2D eigenvalue weighted by atomic mass is 9.79. The molecule has 0 saturated heterocycles. The van der Waals surface area contributed by atoms with Gasteiger partial charge in [0.15, 0.2) is 0 Å². The maximum absolute atomic E-state index is 6.56. The third kappa shape index (κ3) is 2.29. The van der Waals surface area contributed by atoms with Crippen LogP contribution in [-0.4, -0.2) is 0 Å². The number of nitrogens with two attached hydrogens (primary N) is 1. The largest absolute Gasteiger partial charge is 0.320 e. The highest BCUT2D eigenvalue weighted by atomic mass is 32.1. The fourth-order valence-electron chi connectivity index (χ4n) is 3.17. The number of fused-ring (bicyclic) bond motifs is 1. The molecule has 4 rings (SSSR count). The van der Waals surface area contributed by atoms with Crippen molar-refractivity contribution in [3.8, 4) is 0 Å². The number of thiophene rings is 1. The molecule has 106 valence electrons. The number of benzene rings is 2. The molecule has 1 fully saturated rings.